The van der Waals surface area contributed by atoms with E-state index in [4.69, 9.17) is 26.3 Å². The van der Waals surface area contributed by atoms with Crippen molar-refractivity contribution in [2.24, 2.45) is 0 Å². The summed E-state index contributed by atoms with van der Waals surface area (Å²) in [6, 6.07) is 7.75. The summed E-state index contributed by atoms with van der Waals surface area (Å²) in [5.41, 5.74) is 2.19. The zero-order valence-electron chi connectivity index (χ0n) is 15.8. The summed E-state index contributed by atoms with van der Waals surface area (Å²) in [7, 11) is 0. The van der Waals surface area contributed by atoms with Crippen LogP contribution in [0.4, 0.5) is 5.82 Å². The number of fused-ring (bicyclic) bond motifs is 1. The van der Waals surface area contributed by atoms with Crippen molar-refractivity contribution in [2.75, 3.05) is 24.8 Å². The van der Waals surface area contributed by atoms with Crippen molar-refractivity contribution in [3.8, 4) is 0 Å². The molecule has 0 radical (unpaired) electrons. The van der Waals surface area contributed by atoms with Gasteiger partial charge in [-0.25, -0.2) is 14.6 Å². The Balaban J connectivity index is 1.83. The van der Waals surface area contributed by atoms with Crippen LogP contribution in [0, 0.1) is 0 Å². The molecule has 1 aliphatic heterocycles. The molecule has 0 unspecified atom stereocenters. The van der Waals surface area contributed by atoms with Crippen molar-refractivity contribution < 1.29 is 4.74 Å². The minimum Gasteiger partial charge on any atom is -0.361 e. The molecule has 27 heavy (non-hydrogen) atoms. The molecule has 1 saturated heterocycles. The van der Waals surface area contributed by atoms with E-state index in [2.05, 4.69) is 36.0 Å². The number of halogens is 1. The summed E-state index contributed by atoms with van der Waals surface area (Å²) in [6.45, 7) is 8.98. The number of hydrogen-bond acceptors (Lipinski definition) is 6. The molecule has 142 valence electrons. The lowest BCUT2D eigenvalue weighted by molar-refractivity contribution is 0.106. The SMILES string of the molecule is CC(C)(C)c1nc(N2CCCOC2)c2nnn(Cc3ccccc3Cl)c2n1. The molecule has 1 aliphatic rings. The van der Waals surface area contributed by atoms with E-state index in [9.17, 15) is 0 Å². The summed E-state index contributed by atoms with van der Waals surface area (Å²) in [4.78, 5) is 11.7. The largest absolute Gasteiger partial charge is 0.361 e. The number of nitrogens with zero attached hydrogens (tertiary/aromatic N) is 6. The third kappa shape index (κ3) is 3.61. The van der Waals surface area contributed by atoms with E-state index < -0.39 is 0 Å². The Kier molecular flexibility index (Phi) is 4.74. The molecular formula is C19H23ClN6O. The van der Waals surface area contributed by atoms with Crippen molar-refractivity contribution in [3.63, 3.8) is 0 Å². The topological polar surface area (TPSA) is 69.0 Å². The minimum atomic E-state index is -0.195. The van der Waals surface area contributed by atoms with E-state index in [1.807, 2.05) is 24.3 Å². The highest BCUT2D eigenvalue weighted by Gasteiger charge is 2.26. The van der Waals surface area contributed by atoms with Crippen LogP contribution < -0.4 is 4.90 Å². The summed E-state index contributed by atoms with van der Waals surface area (Å²) in [5.74, 6) is 1.55. The number of anilines is 1. The van der Waals surface area contributed by atoms with Gasteiger partial charge in [0.25, 0.3) is 0 Å². The van der Waals surface area contributed by atoms with Crippen LogP contribution in [0.1, 0.15) is 38.6 Å². The lowest BCUT2D eigenvalue weighted by Crippen LogP contribution is -2.34. The Hall–Kier alpha value is -2.25. The molecule has 0 aliphatic carbocycles. The van der Waals surface area contributed by atoms with Crippen molar-refractivity contribution in [1.29, 1.82) is 0 Å². The van der Waals surface area contributed by atoms with Gasteiger partial charge in [0.05, 0.1) is 13.2 Å². The third-order valence-corrected chi connectivity index (χ3v) is 4.93. The Labute approximate surface area is 163 Å². The second-order valence-corrected chi connectivity index (χ2v) is 8.19. The van der Waals surface area contributed by atoms with Crippen molar-refractivity contribution in [2.45, 2.75) is 39.2 Å². The maximum Gasteiger partial charge on any atom is 0.184 e. The number of hydrogen-bond donors (Lipinski definition) is 0. The van der Waals surface area contributed by atoms with Crippen LogP contribution in [0.2, 0.25) is 5.02 Å². The molecule has 1 aromatic carbocycles. The highest BCUT2D eigenvalue weighted by molar-refractivity contribution is 6.31. The highest BCUT2D eigenvalue weighted by Crippen LogP contribution is 2.28. The van der Waals surface area contributed by atoms with Gasteiger partial charge in [0.15, 0.2) is 17.0 Å². The first-order valence-electron chi connectivity index (χ1n) is 9.11. The Morgan fingerprint density at radius 3 is 2.70 bits per heavy atom. The molecule has 0 saturated carbocycles. The smallest absolute Gasteiger partial charge is 0.184 e. The normalized spacial score (nSPS) is 15.5. The Bertz CT molecular complexity index is 958. The van der Waals surface area contributed by atoms with Gasteiger partial charge in [0.1, 0.15) is 12.6 Å². The zero-order chi connectivity index (χ0) is 19.0. The summed E-state index contributed by atoms with van der Waals surface area (Å²) >= 11 is 6.33. The average molecular weight is 387 g/mol. The van der Waals surface area contributed by atoms with Crippen LogP contribution in [-0.2, 0) is 16.7 Å². The molecule has 3 heterocycles. The molecule has 2 aromatic heterocycles. The summed E-state index contributed by atoms with van der Waals surface area (Å²) < 4.78 is 7.42. The van der Waals surface area contributed by atoms with Gasteiger partial charge in [0.2, 0.25) is 0 Å². The fourth-order valence-corrected chi connectivity index (χ4v) is 3.25. The van der Waals surface area contributed by atoms with Crippen LogP contribution in [0.15, 0.2) is 24.3 Å². The molecule has 8 heteroatoms. The summed E-state index contributed by atoms with van der Waals surface area (Å²) in [5, 5.41) is 9.44. The fraction of sp³-hybridized carbons (Fsp3) is 0.474. The van der Waals surface area contributed by atoms with E-state index in [0.29, 0.717) is 23.8 Å². The van der Waals surface area contributed by atoms with Gasteiger partial charge < -0.3 is 9.64 Å². The number of rotatable bonds is 3. The molecular weight excluding hydrogens is 364 g/mol. The first kappa shape index (κ1) is 18.1. The van der Waals surface area contributed by atoms with Gasteiger partial charge >= 0.3 is 0 Å². The van der Waals surface area contributed by atoms with Gasteiger partial charge in [-0.1, -0.05) is 55.8 Å². The van der Waals surface area contributed by atoms with Crippen molar-refractivity contribution in [3.05, 3.63) is 40.7 Å². The fourth-order valence-electron chi connectivity index (χ4n) is 3.06. The first-order chi connectivity index (χ1) is 12.9. The molecule has 0 N–H and O–H groups in total. The van der Waals surface area contributed by atoms with Crippen LogP contribution in [0.5, 0.6) is 0 Å². The number of benzene rings is 1. The lowest BCUT2D eigenvalue weighted by Gasteiger charge is -2.28. The van der Waals surface area contributed by atoms with E-state index in [0.717, 1.165) is 42.4 Å². The molecule has 7 nitrogen and oxygen atoms in total. The highest BCUT2D eigenvalue weighted by atomic mass is 35.5. The van der Waals surface area contributed by atoms with Gasteiger partial charge in [-0.3, -0.25) is 0 Å². The average Bonchev–Trinajstić information content (AvgIpc) is 3.06. The number of ether oxygens (including phenoxy) is 1. The van der Waals surface area contributed by atoms with E-state index in [-0.39, 0.29) is 5.41 Å². The predicted octanol–water partition coefficient (Wildman–Crippen LogP) is 3.40. The van der Waals surface area contributed by atoms with Crippen molar-refractivity contribution >= 4 is 28.6 Å². The van der Waals surface area contributed by atoms with E-state index in [1.54, 1.807) is 4.68 Å². The van der Waals surface area contributed by atoms with Crippen LogP contribution in [0.25, 0.3) is 11.2 Å². The maximum atomic E-state index is 6.33. The standard InChI is InChI=1S/C19H23ClN6O/c1-19(2,3)18-21-16(25-9-6-10-27-12-25)15-17(22-18)26(24-23-15)11-13-7-4-5-8-14(13)20/h4-5,7-8H,6,9-12H2,1-3H3. The molecule has 0 spiro atoms. The lowest BCUT2D eigenvalue weighted by atomic mass is 9.96. The Morgan fingerprint density at radius 2 is 2.00 bits per heavy atom. The number of aromatic nitrogens is 5. The Morgan fingerprint density at radius 1 is 1.19 bits per heavy atom. The zero-order valence-corrected chi connectivity index (χ0v) is 16.6. The third-order valence-electron chi connectivity index (χ3n) is 4.56. The quantitative estimate of drug-likeness (QED) is 0.687. The minimum absolute atomic E-state index is 0.195. The second kappa shape index (κ2) is 7.05. The molecule has 1 fully saturated rings. The molecule has 4 rings (SSSR count). The summed E-state index contributed by atoms with van der Waals surface area (Å²) in [6.07, 6.45) is 0.962. The van der Waals surface area contributed by atoms with Gasteiger partial charge in [-0.15, -0.1) is 5.10 Å². The second-order valence-electron chi connectivity index (χ2n) is 7.79. The van der Waals surface area contributed by atoms with Crippen LogP contribution >= 0.6 is 11.6 Å². The molecule has 0 atom stereocenters. The molecule has 3 aromatic rings. The monoisotopic (exact) mass is 386 g/mol. The predicted molar refractivity (Wildman–Crippen MR) is 105 cm³/mol. The van der Waals surface area contributed by atoms with Crippen LogP contribution in [0.3, 0.4) is 0 Å². The maximum absolute atomic E-state index is 6.33. The molecule has 0 bridgehead atoms. The molecule has 0 amide bonds. The van der Waals surface area contributed by atoms with E-state index >= 15 is 0 Å². The van der Waals surface area contributed by atoms with Gasteiger partial charge in [-0.05, 0) is 18.1 Å². The van der Waals surface area contributed by atoms with Crippen molar-refractivity contribution in [1.82, 2.24) is 25.0 Å². The van der Waals surface area contributed by atoms with Crippen LogP contribution in [-0.4, -0.2) is 44.8 Å². The first-order valence-corrected chi connectivity index (χ1v) is 9.49. The van der Waals surface area contributed by atoms with Gasteiger partial charge in [-0.2, -0.15) is 0 Å². The van der Waals surface area contributed by atoms with E-state index in [1.165, 1.54) is 0 Å². The van der Waals surface area contributed by atoms with Gasteiger partial charge in [0, 0.05) is 17.0 Å².